The lowest BCUT2D eigenvalue weighted by molar-refractivity contribution is -0.143. The molecule has 0 amide bonds. The number of carboxylic acid groups (broad SMARTS) is 1. The molecule has 0 bridgehead atoms. The molecule has 2 aliphatic rings. The Balaban J connectivity index is 1.44. The molecule has 1 saturated carbocycles. The molecule has 4 N–H and O–H groups in total. The van der Waals surface area contributed by atoms with Gasteiger partial charge in [0.1, 0.15) is 0 Å². The fraction of sp³-hybridized carbons (Fsp3) is 0.522. The van der Waals surface area contributed by atoms with E-state index in [1.165, 1.54) is 16.7 Å². The van der Waals surface area contributed by atoms with E-state index in [-0.39, 0.29) is 11.8 Å². The second-order valence-corrected chi connectivity index (χ2v) is 9.04. The minimum absolute atomic E-state index is 0.131. The molecule has 3 atom stereocenters. The summed E-state index contributed by atoms with van der Waals surface area (Å²) in [7, 11) is -1.30. The normalized spacial score (nSPS) is 23.8. The zero-order valence-corrected chi connectivity index (χ0v) is 18.0. The molecule has 30 heavy (non-hydrogen) atoms. The molecule has 1 aromatic rings. The highest BCUT2D eigenvalue weighted by Crippen LogP contribution is 2.39. The molecule has 0 radical (unpaired) electrons. The van der Waals surface area contributed by atoms with Crippen LogP contribution >= 0.6 is 11.6 Å². The van der Waals surface area contributed by atoms with E-state index in [0.29, 0.717) is 25.1 Å². The monoisotopic (exact) mass is 431 g/mol. The lowest BCUT2D eigenvalue weighted by atomic mass is 9.80. The quantitative estimate of drug-likeness (QED) is 0.420. The molecule has 1 aromatic carbocycles. The van der Waals surface area contributed by atoms with Gasteiger partial charge in [0.2, 0.25) is 0 Å². The summed E-state index contributed by atoms with van der Waals surface area (Å²) in [5, 5.41) is 31.8. The lowest BCUT2D eigenvalue weighted by Gasteiger charge is -2.17. The minimum Gasteiger partial charge on any atom is -0.481 e. The predicted molar refractivity (Wildman–Crippen MR) is 121 cm³/mol. The standard InChI is InChI=1S/C23H31BClNO4/c25-21-9-7-19(8-10-21)18-5-3-16(4-6-18)14-26-15-17-12-20(2-1-11-24(29)30)22(13-17)23(27)28/h3,5,7-10,17,20,22,26,29-30H,1-2,4,6,11-15H2,(H,27,28). The first-order valence-corrected chi connectivity index (χ1v) is 11.2. The van der Waals surface area contributed by atoms with Crippen molar-refractivity contribution >= 4 is 30.3 Å². The number of carbonyl (C=O) groups is 1. The third-order valence-corrected chi connectivity index (χ3v) is 6.63. The number of hydrogen-bond donors (Lipinski definition) is 4. The van der Waals surface area contributed by atoms with Gasteiger partial charge < -0.3 is 20.5 Å². The molecule has 2 aliphatic carbocycles. The van der Waals surface area contributed by atoms with Gasteiger partial charge in [-0.15, -0.1) is 0 Å². The molecular weight excluding hydrogens is 401 g/mol. The van der Waals surface area contributed by atoms with Crippen molar-refractivity contribution in [1.82, 2.24) is 5.32 Å². The number of aliphatic carboxylic acids is 1. The number of allylic oxidation sites excluding steroid dienone is 3. The summed E-state index contributed by atoms with van der Waals surface area (Å²) in [6.07, 6.45) is 9.72. The van der Waals surface area contributed by atoms with Gasteiger partial charge in [0.15, 0.2) is 0 Å². The SMILES string of the molecule is O=C(O)C1CC(CNCC2=CC=C(c3ccc(Cl)cc3)CC2)CC1CCCB(O)O. The number of halogens is 1. The van der Waals surface area contributed by atoms with Crippen LogP contribution in [0.4, 0.5) is 0 Å². The van der Waals surface area contributed by atoms with Crippen LogP contribution in [0.25, 0.3) is 5.57 Å². The van der Waals surface area contributed by atoms with Crippen LogP contribution in [-0.4, -0.2) is 41.3 Å². The number of hydrogen-bond acceptors (Lipinski definition) is 4. The van der Waals surface area contributed by atoms with Gasteiger partial charge in [0, 0.05) is 11.6 Å². The van der Waals surface area contributed by atoms with Gasteiger partial charge in [0.25, 0.3) is 0 Å². The van der Waals surface area contributed by atoms with Gasteiger partial charge in [-0.3, -0.25) is 4.79 Å². The Kier molecular flexibility index (Phi) is 8.57. The highest BCUT2D eigenvalue weighted by atomic mass is 35.5. The number of rotatable bonds is 10. The van der Waals surface area contributed by atoms with E-state index in [1.54, 1.807) is 0 Å². The summed E-state index contributed by atoms with van der Waals surface area (Å²) < 4.78 is 0. The minimum atomic E-state index is -1.30. The molecule has 3 rings (SSSR count). The summed E-state index contributed by atoms with van der Waals surface area (Å²) in [6.45, 7) is 1.66. The van der Waals surface area contributed by atoms with E-state index in [9.17, 15) is 9.90 Å². The third kappa shape index (κ3) is 6.71. The summed E-state index contributed by atoms with van der Waals surface area (Å²) in [5.74, 6) is -0.542. The maximum Gasteiger partial charge on any atom is 0.451 e. The van der Waals surface area contributed by atoms with Crippen molar-refractivity contribution < 1.29 is 19.9 Å². The summed E-state index contributed by atoms with van der Waals surface area (Å²) in [4.78, 5) is 11.6. The second-order valence-electron chi connectivity index (χ2n) is 8.61. The van der Waals surface area contributed by atoms with Crippen LogP contribution < -0.4 is 5.32 Å². The molecule has 0 saturated heterocycles. The van der Waals surface area contributed by atoms with E-state index in [4.69, 9.17) is 21.6 Å². The Bertz CT molecular complexity index is 778. The number of benzene rings is 1. The Morgan fingerprint density at radius 1 is 1.13 bits per heavy atom. The first kappa shape index (κ1) is 23.1. The van der Waals surface area contributed by atoms with E-state index >= 15 is 0 Å². The van der Waals surface area contributed by atoms with Crippen molar-refractivity contribution in [3.8, 4) is 0 Å². The predicted octanol–water partition coefficient (Wildman–Crippen LogP) is 4.01. The van der Waals surface area contributed by atoms with Gasteiger partial charge >= 0.3 is 13.1 Å². The molecule has 0 aromatic heterocycles. The Hall–Kier alpha value is -1.60. The fourth-order valence-electron chi connectivity index (χ4n) is 4.76. The van der Waals surface area contributed by atoms with Crippen LogP contribution in [0.1, 0.15) is 44.1 Å². The van der Waals surface area contributed by atoms with Crippen LogP contribution in [0.5, 0.6) is 0 Å². The van der Waals surface area contributed by atoms with E-state index in [1.807, 2.05) is 12.1 Å². The average molecular weight is 432 g/mol. The van der Waals surface area contributed by atoms with Crippen molar-refractivity contribution in [2.45, 2.75) is 44.8 Å². The van der Waals surface area contributed by atoms with Crippen LogP contribution in [-0.2, 0) is 4.79 Å². The van der Waals surface area contributed by atoms with Crippen molar-refractivity contribution in [2.24, 2.45) is 17.8 Å². The van der Waals surface area contributed by atoms with Crippen molar-refractivity contribution in [3.05, 3.63) is 52.6 Å². The van der Waals surface area contributed by atoms with E-state index < -0.39 is 13.1 Å². The molecule has 0 aliphatic heterocycles. The Morgan fingerprint density at radius 3 is 2.53 bits per heavy atom. The molecule has 3 unspecified atom stereocenters. The first-order chi connectivity index (χ1) is 14.4. The maximum atomic E-state index is 11.6. The molecule has 0 heterocycles. The number of carboxylic acids is 1. The summed E-state index contributed by atoms with van der Waals surface area (Å²) in [5.41, 5.74) is 3.91. The molecule has 1 fully saturated rings. The summed E-state index contributed by atoms with van der Waals surface area (Å²) in [6, 6.07) is 7.96. The van der Waals surface area contributed by atoms with E-state index in [2.05, 4.69) is 29.6 Å². The topological polar surface area (TPSA) is 89.8 Å². The smallest absolute Gasteiger partial charge is 0.451 e. The average Bonchev–Trinajstić information content (AvgIpc) is 3.12. The van der Waals surface area contributed by atoms with E-state index in [0.717, 1.165) is 43.8 Å². The first-order valence-electron chi connectivity index (χ1n) is 10.9. The van der Waals surface area contributed by atoms with Gasteiger partial charge in [0.05, 0.1) is 5.92 Å². The largest absolute Gasteiger partial charge is 0.481 e. The highest BCUT2D eigenvalue weighted by molar-refractivity contribution is 6.40. The maximum absolute atomic E-state index is 11.6. The van der Waals surface area contributed by atoms with Gasteiger partial charge in [-0.2, -0.15) is 0 Å². The molecule has 162 valence electrons. The van der Waals surface area contributed by atoms with Crippen LogP contribution in [0, 0.1) is 17.8 Å². The van der Waals surface area contributed by atoms with Crippen LogP contribution in [0.2, 0.25) is 11.3 Å². The van der Waals surface area contributed by atoms with Gasteiger partial charge in [-0.25, -0.2) is 0 Å². The zero-order valence-electron chi connectivity index (χ0n) is 17.3. The Morgan fingerprint density at radius 2 is 1.90 bits per heavy atom. The van der Waals surface area contributed by atoms with Gasteiger partial charge in [-0.1, -0.05) is 54.3 Å². The fourth-order valence-corrected chi connectivity index (χ4v) is 4.89. The lowest BCUT2D eigenvalue weighted by Crippen LogP contribution is -2.24. The van der Waals surface area contributed by atoms with Crippen molar-refractivity contribution in [1.29, 1.82) is 0 Å². The van der Waals surface area contributed by atoms with Crippen LogP contribution in [0.15, 0.2) is 42.0 Å². The summed E-state index contributed by atoms with van der Waals surface area (Å²) >= 11 is 5.97. The molecule has 0 spiro atoms. The van der Waals surface area contributed by atoms with Crippen LogP contribution in [0.3, 0.4) is 0 Å². The third-order valence-electron chi connectivity index (χ3n) is 6.38. The second kappa shape index (κ2) is 11.1. The zero-order chi connectivity index (χ0) is 21.5. The molecular formula is C23H31BClNO4. The highest BCUT2D eigenvalue weighted by Gasteiger charge is 2.38. The Labute approximate surface area is 184 Å². The molecule has 5 nitrogen and oxygen atoms in total. The van der Waals surface area contributed by atoms with Crippen molar-refractivity contribution in [2.75, 3.05) is 13.1 Å². The number of nitrogens with one attached hydrogen (secondary N) is 1. The van der Waals surface area contributed by atoms with Gasteiger partial charge in [-0.05, 0) is 73.7 Å². The molecule has 7 heteroatoms. The van der Waals surface area contributed by atoms with Crippen molar-refractivity contribution in [3.63, 3.8) is 0 Å².